The van der Waals surface area contributed by atoms with E-state index < -0.39 is 0 Å². The molecule has 0 aromatic heterocycles. The average molecular weight is 271 g/mol. The minimum absolute atomic E-state index is 0.0912. The monoisotopic (exact) mass is 271 g/mol. The Morgan fingerprint density at radius 3 is 2.45 bits per heavy atom. The Balaban J connectivity index is 1.95. The van der Waals surface area contributed by atoms with Crippen molar-refractivity contribution in [1.82, 2.24) is 5.32 Å². The van der Waals surface area contributed by atoms with Crippen molar-refractivity contribution in [1.29, 1.82) is 0 Å². The molecular weight excluding hydrogens is 250 g/mol. The Hall–Kier alpha value is -1.84. The Morgan fingerprint density at radius 2 is 1.80 bits per heavy atom. The van der Waals surface area contributed by atoms with Crippen LogP contribution in [0.3, 0.4) is 0 Å². The second kappa shape index (κ2) is 7.08. The Bertz CT molecular complexity index is 537. The van der Waals surface area contributed by atoms with Crippen LogP contribution in [0, 0.1) is 0 Å². The zero-order valence-corrected chi connectivity index (χ0v) is 12.0. The van der Waals surface area contributed by atoms with Gasteiger partial charge in [-0.1, -0.05) is 36.4 Å². The second-order valence-corrected chi connectivity index (χ2v) is 4.85. The van der Waals surface area contributed by atoms with Crippen molar-refractivity contribution in [3.05, 3.63) is 65.2 Å². The van der Waals surface area contributed by atoms with Crippen LogP contribution in [0.1, 0.15) is 29.7 Å². The lowest BCUT2D eigenvalue weighted by Gasteiger charge is -2.15. The van der Waals surface area contributed by atoms with Gasteiger partial charge < -0.3 is 15.2 Å². The number of aliphatic hydroxyl groups is 1. The molecule has 0 aliphatic rings. The lowest BCUT2D eigenvalue weighted by atomic mass is 10.1. The van der Waals surface area contributed by atoms with E-state index in [0.717, 1.165) is 17.9 Å². The number of hydrogen-bond acceptors (Lipinski definition) is 3. The minimum atomic E-state index is 0.0912. The van der Waals surface area contributed by atoms with Crippen molar-refractivity contribution < 1.29 is 9.84 Å². The van der Waals surface area contributed by atoms with Gasteiger partial charge in [-0.25, -0.2) is 0 Å². The molecule has 2 rings (SSSR count). The van der Waals surface area contributed by atoms with Gasteiger partial charge in [0.1, 0.15) is 5.75 Å². The number of hydrogen-bond donors (Lipinski definition) is 2. The van der Waals surface area contributed by atoms with Crippen LogP contribution in [-0.4, -0.2) is 12.2 Å². The fourth-order valence-electron chi connectivity index (χ4n) is 2.06. The molecule has 0 spiro atoms. The maximum Gasteiger partial charge on any atom is 0.119 e. The standard InChI is InChI=1S/C17H21NO2/c1-13(16-4-3-5-17(10-16)20-2)18-11-14-6-8-15(12-19)9-7-14/h3-10,13,18-19H,11-12H2,1-2H3. The Kier molecular flexibility index (Phi) is 5.16. The molecule has 0 saturated carbocycles. The van der Waals surface area contributed by atoms with Gasteiger partial charge in [0.05, 0.1) is 13.7 Å². The van der Waals surface area contributed by atoms with Crippen LogP contribution in [0.2, 0.25) is 0 Å². The van der Waals surface area contributed by atoms with Gasteiger partial charge in [0.2, 0.25) is 0 Å². The van der Waals surface area contributed by atoms with Crippen LogP contribution in [0.15, 0.2) is 48.5 Å². The molecule has 106 valence electrons. The van der Waals surface area contributed by atoms with Crippen molar-refractivity contribution >= 4 is 0 Å². The first kappa shape index (κ1) is 14.6. The van der Waals surface area contributed by atoms with Gasteiger partial charge in [-0.15, -0.1) is 0 Å². The predicted molar refractivity (Wildman–Crippen MR) is 80.6 cm³/mol. The fraction of sp³-hybridized carbons (Fsp3) is 0.294. The molecule has 2 aromatic rings. The highest BCUT2D eigenvalue weighted by atomic mass is 16.5. The third kappa shape index (κ3) is 3.83. The van der Waals surface area contributed by atoms with E-state index in [0.29, 0.717) is 0 Å². The van der Waals surface area contributed by atoms with E-state index in [1.807, 2.05) is 42.5 Å². The van der Waals surface area contributed by atoms with Crippen molar-refractivity contribution in [2.75, 3.05) is 7.11 Å². The highest BCUT2D eigenvalue weighted by Crippen LogP contribution is 2.19. The van der Waals surface area contributed by atoms with E-state index >= 15 is 0 Å². The summed E-state index contributed by atoms with van der Waals surface area (Å²) in [5.74, 6) is 0.878. The summed E-state index contributed by atoms with van der Waals surface area (Å²) >= 11 is 0. The van der Waals surface area contributed by atoms with Crippen molar-refractivity contribution in [2.45, 2.75) is 26.1 Å². The van der Waals surface area contributed by atoms with Crippen LogP contribution in [0.25, 0.3) is 0 Å². The third-order valence-corrected chi connectivity index (χ3v) is 3.41. The maximum absolute atomic E-state index is 9.02. The molecule has 3 heteroatoms. The summed E-state index contributed by atoms with van der Waals surface area (Å²) in [5, 5.41) is 12.5. The van der Waals surface area contributed by atoms with Gasteiger partial charge >= 0.3 is 0 Å². The van der Waals surface area contributed by atoms with Gasteiger partial charge in [-0.2, -0.15) is 0 Å². The molecule has 0 bridgehead atoms. The first-order valence-corrected chi connectivity index (χ1v) is 6.79. The van der Waals surface area contributed by atoms with E-state index in [2.05, 4.69) is 18.3 Å². The highest BCUT2D eigenvalue weighted by Gasteiger charge is 2.05. The molecule has 1 atom stereocenters. The molecule has 20 heavy (non-hydrogen) atoms. The van der Waals surface area contributed by atoms with Crippen molar-refractivity contribution in [2.24, 2.45) is 0 Å². The summed E-state index contributed by atoms with van der Waals surface area (Å²) in [6.07, 6.45) is 0. The van der Waals surface area contributed by atoms with Gasteiger partial charge in [-0.05, 0) is 35.7 Å². The molecule has 0 aliphatic carbocycles. The van der Waals surface area contributed by atoms with E-state index in [1.54, 1.807) is 7.11 Å². The summed E-state index contributed by atoms with van der Waals surface area (Å²) in [6.45, 7) is 3.02. The molecule has 1 unspecified atom stereocenters. The zero-order valence-electron chi connectivity index (χ0n) is 12.0. The Labute approximate surface area is 120 Å². The number of methoxy groups -OCH3 is 1. The average Bonchev–Trinajstić information content (AvgIpc) is 2.53. The molecule has 0 saturated heterocycles. The first-order valence-electron chi connectivity index (χ1n) is 6.79. The molecule has 0 amide bonds. The van der Waals surface area contributed by atoms with Crippen LogP contribution in [-0.2, 0) is 13.2 Å². The second-order valence-electron chi connectivity index (χ2n) is 4.85. The van der Waals surface area contributed by atoms with E-state index in [-0.39, 0.29) is 12.6 Å². The van der Waals surface area contributed by atoms with Gasteiger partial charge in [0, 0.05) is 12.6 Å². The van der Waals surface area contributed by atoms with Crippen LogP contribution < -0.4 is 10.1 Å². The topological polar surface area (TPSA) is 41.5 Å². The summed E-state index contributed by atoms with van der Waals surface area (Å²) in [7, 11) is 1.68. The normalized spacial score (nSPS) is 12.2. The lowest BCUT2D eigenvalue weighted by Crippen LogP contribution is -2.18. The largest absolute Gasteiger partial charge is 0.497 e. The van der Waals surface area contributed by atoms with Crippen LogP contribution in [0.4, 0.5) is 0 Å². The molecular formula is C17H21NO2. The zero-order chi connectivity index (χ0) is 14.4. The predicted octanol–water partition coefficient (Wildman–Crippen LogP) is 3.04. The molecule has 0 heterocycles. The number of ether oxygens (including phenoxy) is 1. The smallest absolute Gasteiger partial charge is 0.119 e. The van der Waals surface area contributed by atoms with Gasteiger partial charge in [-0.3, -0.25) is 0 Å². The molecule has 0 aliphatic heterocycles. The first-order chi connectivity index (χ1) is 9.72. The maximum atomic E-state index is 9.02. The van der Waals surface area contributed by atoms with Gasteiger partial charge in [0.25, 0.3) is 0 Å². The number of nitrogens with one attached hydrogen (secondary N) is 1. The summed E-state index contributed by atoms with van der Waals surface area (Å²) in [4.78, 5) is 0. The number of rotatable bonds is 6. The summed E-state index contributed by atoms with van der Waals surface area (Å²) < 4.78 is 5.24. The van der Waals surface area contributed by atoms with E-state index in [1.165, 1.54) is 11.1 Å². The number of aliphatic hydroxyl groups excluding tert-OH is 1. The molecule has 3 nitrogen and oxygen atoms in total. The molecule has 0 fully saturated rings. The Morgan fingerprint density at radius 1 is 1.10 bits per heavy atom. The quantitative estimate of drug-likeness (QED) is 0.848. The third-order valence-electron chi connectivity index (χ3n) is 3.41. The summed E-state index contributed by atoms with van der Waals surface area (Å²) in [5.41, 5.74) is 3.35. The van der Waals surface area contributed by atoms with E-state index in [9.17, 15) is 0 Å². The van der Waals surface area contributed by atoms with Crippen molar-refractivity contribution in [3.63, 3.8) is 0 Å². The highest BCUT2D eigenvalue weighted by molar-refractivity contribution is 5.30. The van der Waals surface area contributed by atoms with E-state index in [4.69, 9.17) is 9.84 Å². The van der Waals surface area contributed by atoms with Gasteiger partial charge in [0.15, 0.2) is 0 Å². The lowest BCUT2D eigenvalue weighted by molar-refractivity contribution is 0.282. The SMILES string of the molecule is COc1cccc(C(C)NCc2ccc(CO)cc2)c1. The number of benzene rings is 2. The van der Waals surface area contributed by atoms with Crippen LogP contribution in [0.5, 0.6) is 5.75 Å². The minimum Gasteiger partial charge on any atom is -0.497 e. The molecule has 2 aromatic carbocycles. The van der Waals surface area contributed by atoms with Crippen molar-refractivity contribution in [3.8, 4) is 5.75 Å². The fourth-order valence-corrected chi connectivity index (χ4v) is 2.06. The van der Waals surface area contributed by atoms with Crippen LogP contribution >= 0.6 is 0 Å². The molecule has 0 radical (unpaired) electrons. The summed E-state index contributed by atoms with van der Waals surface area (Å²) in [6, 6.07) is 16.3. The molecule has 2 N–H and O–H groups in total.